The second-order valence-corrected chi connectivity index (χ2v) is 6.16. The molecule has 0 spiro atoms. The highest BCUT2D eigenvalue weighted by atomic mass is 32.1. The summed E-state index contributed by atoms with van der Waals surface area (Å²) < 4.78 is 38.2. The SMILES string of the molecule is Cc1ccc(C(C)Nc2cc(C(F)(F)F)ccc2C)s1. The molecule has 1 aromatic carbocycles. The number of halogens is 3. The summed E-state index contributed by atoms with van der Waals surface area (Å²) in [5.41, 5.74) is 0.705. The third-order valence-electron chi connectivity index (χ3n) is 3.12. The van der Waals surface area contributed by atoms with Crippen LogP contribution in [0.15, 0.2) is 30.3 Å². The predicted octanol–water partition coefficient (Wildman–Crippen LogP) is 5.56. The summed E-state index contributed by atoms with van der Waals surface area (Å²) in [6.45, 7) is 5.76. The Morgan fingerprint density at radius 3 is 2.35 bits per heavy atom. The van der Waals surface area contributed by atoms with Crippen molar-refractivity contribution in [3.05, 3.63) is 51.2 Å². The van der Waals surface area contributed by atoms with E-state index in [9.17, 15) is 13.2 Å². The van der Waals surface area contributed by atoms with Gasteiger partial charge in [-0.1, -0.05) is 6.07 Å². The number of rotatable bonds is 3. The van der Waals surface area contributed by atoms with Crippen molar-refractivity contribution in [1.29, 1.82) is 0 Å². The van der Waals surface area contributed by atoms with Crippen molar-refractivity contribution in [3.63, 3.8) is 0 Å². The lowest BCUT2D eigenvalue weighted by Crippen LogP contribution is -2.09. The number of hydrogen-bond donors (Lipinski definition) is 1. The molecule has 0 saturated carbocycles. The zero-order valence-electron chi connectivity index (χ0n) is 11.5. The molecule has 2 rings (SSSR count). The van der Waals surface area contributed by atoms with Crippen molar-refractivity contribution in [2.24, 2.45) is 0 Å². The summed E-state index contributed by atoms with van der Waals surface area (Å²) >= 11 is 1.65. The van der Waals surface area contributed by atoms with E-state index in [0.717, 1.165) is 16.5 Å². The quantitative estimate of drug-likeness (QED) is 0.782. The normalized spacial score (nSPS) is 13.3. The lowest BCUT2D eigenvalue weighted by atomic mass is 10.1. The number of alkyl halides is 3. The Morgan fingerprint density at radius 2 is 1.80 bits per heavy atom. The standard InChI is InChI=1S/C15H16F3NS/c1-9-4-6-12(15(16,17)18)8-13(9)19-11(3)14-7-5-10(2)20-14/h4-8,11,19H,1-3H3. The maximum Gasteiger partial charge on any atom is 0.416 e. The topological polar surface area (TPSA) is 12.0 Å². The van der Waals surface area contributed by atoms with Gasteiger partial charge in [0.15, 0.2) is 0 Å². The van der Waals surface area contributed by atoms with Crippen molar-refractivity contribution in [2.45, 2.75) is 33.0 Å². The minimum absolute atomic E-state index is 0.0177. The second kappa shape index (κ2) is 5.48. The monoisotopic (exact) mass is 299 g/mol. The second-order valence-electron chi connectivity index (χ2n) is 4.84. The first-order valence-corrected chi connectivity index (χ1v) is 7.10. The molecule has 20 heavy (non-hydrogen) atoms. The minimum Gasteiger partial charge on any atom is -0.377 e. The summed E-state index contributed by atoms with van der Waals surface area (Å²) in [6, 6.07) is 7.78. The fourth-order valence-electron chi connectivity index (χ4n) is 1.94. The Morgan fingerprint density at radius 1 is 1.10 bits per heavy atom. The van der Waals surface area contributed by atoms with E-state index in [1.807, 2.05) is 26.0 Å². The fraction of sp³-hybridized carbons (Fsp3) is 0.333. The van der Waals surface area contributed by atoms with Crippen LogP contribution in [0, 0.1) is 13.8 Å². The zero-order valence-corrected chi connectivity index (χ0v) is 12.3. The third-order valence-corrected chi connectivity index (χ3v) is 4.31. The lowest BCUT2D eigenvalue weighted by Gasteiger charge is -2.17. The van der Waals surface area contributed by atoms with E-state index in [1.165, 1.54) is 17.0 Å². The van der Waals surface area contributed by atoms with Crippen LogP contribution in [0.2, 0.25) is 0 Å². The number of anilines is 1. The predicted molar refractivity (Wildman–Crippen MR) is 77.3 cm³/mol. The molecule has 0 aliphatic carbocycles. The molecule has 0 aliphatic heterocycles. The van der Waals surface area contributed by atoms with E-state index in [0.29, 0.717) is 5.69 Å². The molecule has 1 nitrogen and oxygen atoms in total. The summed E-state index contributed by atoms with van der Waals surface area (Å²) in [5.74, 6) is 0. The van der Waals surface area contributed by atoms with E-state index >= 15 is 0 Å². The molecule has 1 unspecified atom stereocenters. The maximum atomic E-state index is 12.7. The van der Waals surface area contributed by atoms with Gasteiger partial charge in [0, 0.05) is 15.4 Å². The number of hydrogen-bond acceptors (Lipinski definition) is 2. The number of nitrogens with one attached hydrogen (secondary N) is 1. The molecule has 0 aliphatic rings. The first-order valence-electron chi connectivity index (χ1n) is 6.28. The van der Waals surface area contributed by atoms with Gasteiger partial charge in [0.25, 0.3) is 0 Å². The largest absolute Gasteiger partial charge is 0.416 e. The van der Waals surface area contributed by atoms with Crippen molar-refractivity contribution < 1.29 is 13.2 Å². The van der Waals surface area contributed by atoms with Gasteiger partial charge in [-0.2, -0.15) is 13.2 Å². The van der Waals surface area contributed by atoms with Gasteiger partial charge in [-0.15, -0.1) is 11.3 Å². The minimum atomic E-state index is -4.31. The van der Waals surface area contributed by atoms with Crippen LogP contribution < -0.4 is 5.32 Å². The Balaban J connectivity index is 2.24. The summed E-state index contributed by atoms with van der Waals surface area (Å²) in [7, 11) is 0. The van der Waals surface area contributed by atoms with Gasteiger partial charge in [-0.05, 0) is 50.6 Å². The molecule has 1 aromatic heterocycles. The molecule has 0 radical (unpaired) electrons. The Bertz CT molecular complexity index is 601. The van der Waals surface area contributed by atoms with Crippen LogP contribution in [-0.4, -0.2) is 0 Å². The van der Waals surface area contributed by atoms with Crippen LogP contribution in [0.5, 0.6) is 0 Å². The first kappa shape index (κ1) is 14.9. The average molecular weight is 299 g/mol. The Kier molecular flexibility index (Phi) is 4.09. The van der Waals surface area contributed by atoms with Gasteiger partial charge in [0.05, 0.1) is 11.6 Å². The molecular formula is C15H16F3NS. The molecule has 0 bridgehead atoms. The van der Waals surface area contributed by atoms with Crippen LogP contribution in [0.3, 0.4) is 0 Å². The first-order chi connectivity index (χ1) is 9.27. The summed E-state index contributed by atoms with van der Waals surface area (Å²) in [4.78, 5) is 2.30. The molecule has 1 N–H and O–H groups in total. The molecule has 0 saturated heterocycles. The number of thiophene rings is 1. The fourth-order valence-corrected chi connectivity index (χ4v) is 2.82. The van der Waals surface area contributed by atoms with Gasteiger partial charge in [0.1, 0.15) is 0 Å². The average Bonchev–Trinajstić information content (AvgIpc) is 2.77. The van der Waals surface area contributed by atoms with Crippen LogP contribution in [0.1, 0.15) is 33.8 Å². The molecule has 5 heteroatoms. The van der Waals surface area contributed by atoms with Gasteiger partial charge < -0.3 is 5.32 Å². The highest BCUT2D eigenvalue weighted by molar-refractivity contribution is 7.12. The number of aryl methyl sites for hydroxylation is 2. The molecular weight excluding hydrogens is 283 g/mol. The highest BCUT2D eigenvalue weighted by Gasteiger charge is 2.30. The molecule has 0 fully saturated rings. The molecule has 0 amide bonds. The van der Waals surface area contributed by atoms with E-state index in [-0.39, 0.29) is 6.04 Å². The molecule has 108 valence electrons. The molecule has 1 heterocycles. The van der Waals surface area contributed by atoms with E-state index < -0.39 is 11.7 Å². The van der Waals surface area contributed by atoms with Crippen molar-refractivity contribution >= 4 is 17.0 Å². The van der Waals surface area contributed by atoms with Crippen molar-refractivity contribution in [1.82, 2.24) is 0 Å². The van der Waals surface area contributed by atoms with E-state index in [1.54, 1.807) is 18.3 Å². The number of benzene rings is 1. The van der Waals surface area contributed by atoms with Crippen molar-refractivity contribution in [3.8, 4) is 0 Å². The summed E-state index contributed by atoms with van der Waals surface area (Å²) in [5, 5.41) is 3.16. The maximum absolute atomic E-state index is 12.7. The molecule has 1 atom stereocenters. The van der Waals surface area contributed by atoms with Crippen LogP contribution in [0.4, 0.5) is 18.9 Å². The highest BCUT2D eigenvalue weighted by Crippen LogP contribution is 2.33. The molecule has 2 aromatic rings. The third kappa shape index (κ3) is 3.33. The van der Waals surface area contributed by atoms with Crippen LogP contribution >= 0.6 is 11.3 Å². The lowest BCUT2D eigenvalue weighted by molar-refractivity contribution is -0.137. The van der Waals surface area contributed by atoms with Crippen LogP contribution in [0.25, 0.3) is 0 Å². The van der Waals surface area contributed by atoms with Gasteiger partial charge in [-0.25, -0.2) is 0 Å². The Hall–Kier alpha value is -1.49. The van der Waals surface area contributed by atoms with Crippen LogP contribution in [-0.2, 0) is 6.18 Å². The van der Waals surface area contributed by atoms with E-state index in [2.05, 4.69) is 5.32 Å². The van der Waals surface area contributed by atoms with Crippen molar-refractivity contribution in [2.75, 3.05) is 5.32 Å². The van der Waals surface area contributed by atoms with E-state index in [4.69, 9.17) is 0 Å². The zero-order chi connectivity index (χ0) is 14.9. The van der Waals surface area contributed by atoms with Gasteiger partial charge in [0.2, 0.25) is 0 Å². The summed E-state index contributed by atoms with van der Waals surface area (Å²) in [6.07, 6.45) is -4.31. The van der Waals surface area contributed by atoms with Gasteiger partial charge >= 0.3 is 6.18 Å². The van der Waals surface area contributed by atoms with Gasteiger partial charge in [-0.3, -0.25) is 0 Å². The Labute approximate surface area is 120 Å². The smallest absolute Gasteiger partial charge is 0.377 e.